The van der Waals surface area contributed by atoms with E-state index in [0.717, 1.165) is 6.08 Å². The van der Waals surface area contributed by atoms with E-state index in [1.807, 2.05) is 0 Å². The largest absolute Gasteiger partial charge is 0.478 e. The molecule has 5 nitrogen and oxygen atoms in total. The van der Waals surface area contributed by atoms with Crippen molar-refractivity contribution in [1.29, 1.82) is 0 Å². The second kappa shape index (κ2) is 5.73. The van der Waals surface area contributed by atoms with Gasteiger partial charge in [-0.1, -0.05) is 13.0 Å². The van der Waals surface area contributed by atoms with Crippen LogP contribution in [0.15, 0.2) is 35.4 Å². The van der Waals surface area contributed by atoms with Gasteiger partial charge >= 0.3 is 5.97 Å². The van der Waals surface area contributed by atoms with Gasteiger partial charge < -0.3 is 15.3 Å². The highest BCUT2D eigenvalue weighted by molar-refractivity contribution is 5.93. The molecule has 0 spiro atoms. The van der Waals surface area contributed by atoms with Crippen LogP contribution in [0.25, 0.3) is 0 Å². The quantitative estimate of drug-likeness (QED) is 0.532. The molecule has 0 unspecified atom stereocenters. The van der Waals surface area contributed by atoms with Crippen LogP contribution >= 0.6 is 0 Å². The molecule has 0 aromatic heterocycles. The van der Waals surface area contributed by atoms with Crippen LogP contribution in [0.4, 0.5) is 0 Å². The van der Waals surface area contributed by atoms with Crippen LogP contribution < -0.4 is 0 Å². The number of aliphatic hydroxyl groups excluding tert-OH is 1. The van der Waals surface area contributed by atoms with E-state index in [9.17, 15) is 19.8 Å². The van der Waals surface area contributed by atoms with E-state index in [4.69, 9.17) is 7.85 Å². The maximum atomic E-state index is 11.7. The third kappa shape index (κ3) is 3.05. The molecule has 1 aliphatic carbocycles. The van der Waals surface area contributed by atoms with Crippen molar-refractivity contribution >= 4 is 11.8 Å². The van der Waals surface area contributed by atoms with Crippen LogP contribution in [-0.4, -0.2) is 39.3 Å². The monoisotopic (exact) mass is 282 g/mol. The van der Waals surface area contributed by atoms with E-state index < -0.39 is 35.7 Å². The molecule has 0 saturated heterocycles. The van der Waals surface area contributed by atoms with Crippen LogP contribution in [0.5, 0.6) is 0 Å². The van der Waals surface area contributed by atoms with E-state index in [1.165, 1.54) is 26.8 Å². The Morgan fingerprint density at radius 3 is 2.70 bits per heavy atom. The van der Waals surface area contributed by atoms with Gasteiger partial charge in [-0.25, -0.2) is 4.79 Å². The van der Waals surface area contributed by atoms with Gasteiger partial charge in [0.15, 0.2) is 5.78 Å². The lowest BCUT2D eigenvalue weighted by Gasteiger charge is -2.45. The van der Waals surface area contributed by atoms with Gasteiger partial charge in [-0.15, -0.1) is 0 Å². The Morgan fingerprint density at radius 1 is 1.60 bits per heavy atom. The Bertz CT molecular complexity index is 605. The molecular weight excluding hydrogens is 260 g/mol. The number of allylic oxidation sites excluding steroid dienone is 3. The summed E-state index contributed by atoms with van der Waals surface area (Å²) in [6.45, 7) is 3.69. The lowest BCUT2D eigenvalue weighted by molar-refractivity contribution is -0.131. The summed E-state index contributed by atoms with van der Waals surface area (Å²) in [6, 6.07) is -0.994. The maximum absolute atomic E-state index is 11.7. The molecule has 5 heteroatoms. The molecule has 0 amide bonds. The van der Waals surface area contributed by atoms with Crippen molar-refractivity contribution in [3.8, 4) is 0 Å². The van der Waals surface area contributed by atoms with Crippen LogP contribution in [0, 0.1) is 5.41 Å². The maximum Gasteiger partial charge on any atom is 0.328 e. The lowest BCUT2D eigenvalue weighted by Crippen LogP contribution is -2.52. The Morgan fingerprint density at radius 2 is 2.20 bits per heavy atom. The van der Waals surface area contributed by atoms with Crippen LogP contribution in [0.2, 0.25) is 0 Å². The average molecular weight is 282 g/mol. The van der Waals surface area contributed by atoms with Crippen LogP contribution in [-0.2, 0) is 9.59 Å². The summed E-state index contributed by atoms with van der Waals surface area (Å²) in [5.74, 6) is -1.55. The summed E-state index contributed by atoms with van der Waals surface area (Å²) in [5, 5.41) is 29.3. The van der Waals surface area contributed by atoms with Gasteiger partial charge in [0, 0.05) is 17.9 Å². The molecule has 0 aromatic carbocycles. The molecule has 0 radical (unpaired) electrons. The summed E-state index contributed by atoms with van der Waals surface area (Å²) in [4.78, 5) is 22.4. The highest BCUT2D eigenvalue weighted by Crippen LogP contribution is 2.44. The Hall–Kier alpha value is -1.72. The van der Waals surface area contributed by atoms with Crippen molar-refractivity contribution in [1.82, 2.24) is 0 Å². The second-order valence-corrected chi connectivity index (χ2v) is 5.32. The lowest BCUT2D eigenvalue weighted by atomic mass is 9.64. The molecule has 20 heavy (non-hydrogen) atoms. The molecule has 3 N–H and O–H groups in total. The fraction of sp³-hybridized carbons (Fsp3) is 0.467. The normalized spacial score (nSPS) is 34.0. The number of rotatable bonds is 4. The van der Waals surface area contributed by atoms with Gasteiger partial charge in [-0.3, -0.25) is 4.79 Å². The van der Waals surface area contributed by atoms with E-state index in [1.54, 1.807) is 0 Å². The molecule has 2 atom stereocenters. The second-order valence-electron chi connectivity index (χ2n) is 5.32. The SMILES string of the molecule is [2H]C(/C(C)=C\C(=O)O)=C(/[2H])[C@@]1(O)C(C)=CC(=O)C[C@]1(C)CO. The third-order valence-electron chi connectivity index (χ3n) is 3.52. The van der Waals surface area contributed by atoms with E-state index in [0.29, 0.717) is 0 Å². The first-order chi connectivity index (χ1) is 9.99. The zero-order valence-corrected chi connectivity index (χ0v) is 11.7. The Kier molecular flexibility index (Phi) is 3.80. The highest BCUT2D eigenvalue weighted by atomic mass is 16.4. The number of carboxylic acid groups (broad SMARTS) is 1. The van der Waals surface area contributed by atoms with Gasteiger partial charge in [0.05, 0.1) is 9.35 Å². The number of ketones is 1. The fourth-order valence-electron chi connectivity index (χ4n) is 2.22. The number of carboxylic acids is 1. The minimum atomic E-state index is -2.01. The minimum Gasteiger partial charge on any atom is -0.478 e. The molecule has 0 saturated carbocycles. The zero-order valence-electron chi connectivity index (χ0n) is 13.7. The zero-order chi connectivity index (χ0) is 17.3. The van der Waals surface area contributed by atoms with Crippen LogP contribution in [0.3, 0.4) is 0 Å². The standard InChI is InChI=1S/C15H20O5/c1-10(6-13(18)19)4-5-15(20)11(2)7-12(17)8-14(15,3)9-16/h4-7,16,20H,8-9H2,1-3H3,(H,18,19)/b5-4+,10-6-/t14-,15-/m1/s1/i4D,5D. The molecule has 1 aliphatic rings. The van der Waals surface area contributed by atoms with Crippen molar-refractivity contribution in [3.05, 3.63) is 35.4 Å². The van der Waals surface area contributed by atoms with Gasteiger partial charge in [-0.05, 0) is 37.1 Å². The molecular formula is C15H20O5. The van der Waals surface area contributed by atoms with E-state index >= 15 is 0 Å². The molecule has 110 valence electrons. The number of hydrogen-bond acceptors (Lipinski definition) is 4. The molecule has 0 aromatic rings. The molecule has 0 aliphatic heterocycles. The number of aliphatic carboxylic acids is 1. The highest BCUT2D eigenvalue weighted by Gasteiger charge is 2.49. The molecule has 0 fully saturated rings. The first-order valence-electron chi connectivity index (χ1n) is 7.14. The van der Waals surface area contributed by atoms with Crippen molar-refractivity contribution in [2.45, 2.75) is 32.8 Å². The molecule has 0 bridgehead atoms. The minimum absolute atomic E-state index is 0.00378. The fourth-order valence-corrected chi connectivity index (χ4v) is 2.22. The van der Waals surface area contributed by atoms with Crippen molar-refractivity contribution in [2.75, 3.05) is 6.61 Å². The average Bonchev–Trinajstić information content (AvgIpc) is 2.42. The first-order valence-corrected chi connectivity index (χ1v) is 6.14. The number of carbonyl (C=O) groups excluding carboxylic acids is 1. The smallest absolute Gasteiger partial charge is 0.328 e. The van der Waals surface area contributed by atoms with Crippen molar-refractivity contribution in [2.24, 2.45) is 5.41 Å². The topological polar surface area (TPSA) is 94.8 Å². The molecule has 0 heterocycles. The summed E-state index contributed by atoms with van der Waals surface area (Å²) in [7, 11) is 0. The summed E-state index contributed by atoms with van der Waals surface area (Å²) in [6.07, 6.45) is 1.79. The van der Waals surface area contributed by atoms with E-state index in [-0.39, 0.29) is 23.4 Å². The predicted molar refractivity (Wildman–Crippen MR) is 74.1 cm³/mol. The number of aliphatic hydroxyl groups is 2. The van der Waals surface area contributed by atoms with Gasteiger partial charge in [0.25, 0.3) is 0 Å². The van der Waals surface area contributed by atoms with Crippen molar-refractivity contribution in [3.63, 3.8) is 0 Å². The third-order valence-corrected chi connectivity index (χ3v) is 3.52. The summed E-state index contributed by atoms with van der Waals surface area (Å²) in [5.41, 5.74) is -3.22. The Balaban J connectivity index is 3.57. The summed E-state index contributed by atoms with van der Waals surface area (Å²) < 4.78 is 16.1. The predicted octanol–water partition coefficient (Wildman–Crippen LogP) is 1.22. The van der Waals surface area contributed by atoms with Gasteiger partial charge in [0.2, 0.25) is 0 Å². The first kappa shape index (κ1) is 13.3. The van der Waals surface area contributed by atoms with Gasteiger partial charge in [-0.2, -0.15) is 0 Å². The van der Waals surface area contributed by atoms with E-state index in [2.05, 4.69) is 0 Å². The Labute approximate surface area is 120 Å². The van der Waals surface area contributed by atoms with Crippen LogP contribution in [0.1, 0.15) is 29.9 Å². The summed E-state index contributed by atoms with van der Waals surface area (Å²) >= 11 is 0. The van der Waals surface area contributed by atoms with Gasteiger partial charge in [0.1, 0.15) is 5.60 Å². The van der Waals surface area contributed by atoms with Crippen molar-refractivity contribution < 1.29 is 27.7 Å². The number of hydrogen-bond donors (Lipinski definition) is 3. The molecule has 1 rings (SSSR count). The number of carbonyl (C=O) groups is 2.